The highest BCUT2D eigenvalue weighted by molar-refractivity contribution is 14.1. The first-order valence-corrected chi connectivity index (χ1v) is 8.32. The number of imidazole rings is 1. The van der Waals surface area contributed by atoms with Gasteiger partial charge in [0.05, 0.1) is 19.8 Å². The summed E-state index contributed by atoms with van der Waals surface area (Å²) in [6.45, 7) is 3.39. The lowest BCUT2D eigenvalue weighted by Crippen LogP contribution is -2.26. The van der Waals surface area contributed by atoms with E-state index in [-0.39, 0.29) is 5.91 Å². The van der Waals surface area contributed by atoms with Gasteiger partial charge in [0.15, 0.2) is 11.5 Å². The molecule has 2 aromatic rings. The Morgan fingerprint density at radius 1 is 1.30 bits per heavy atom. The van der Waals surface area contributed by atoms with Crippen LogP contribution in [0.4, 0.5) is 0 Å². The number of ether oxygens (including phenoxy) is 2. The average Bonchev–Trinajstić information content (AvgIpc) is 2.96. The van der Waals surface area contributed by atoms with Gasteiger partial charge in [0.2, 0.25) is 0 Å². The first kappa shape index (κ1) is 17.6. The smallest absolute Gasteiger partial charge is 0.252 e. The molecule has 0 spiro atoms. The van der Waals surface area contributed by atoms with E-state index in [2.05, 4.69) is 37.5 Å². The van der Waals surface area contributed by atoms with Gasteiger partial charge < -0.3 is 19.4 Å². The zero-order chi connectivity index (χ0) is 16.8. The standard InChI is InChI=1S/C16H20IN3O3/c1-11-18-6-8-20(11)7-4-5-19-16(21)12-9-14(22-2)15(23-3)10-13(12)17/h6,8-10H,4-5,7H2,1-3H3,(H,19,21). The Bertz CT molecular complexity index is 685. The molecule has 0 radical (unpaired) electrons. The number of hydrogen-bond donors (Lipinski definition) is 1. The second kappa shape index (κ2) is 8.19. The third-order valence-electron chi connectivity index (χ3n) is 3.50. The summed E-state index contributed by atoms with van der Waals surface area (Å²) in [5.41, 5.74) is 0.585. The van der Waals surface area contributed by atoms with Gasteiger partial charge in [0, 0.05) is 29.1 Å². The number of rotatable bonds is 7. The molecule has 1 aromatic carbocycles. The van der Waals surface area contributed by atoms with Crippen LogP contribution in [-0.2, 0) is 6.54 Å². The summed E-state index contributed by atoms with van der Waals surface area (Å²) >= 11 is 2.12. The van der Waals surface area contributed by atoms with E-state index in [1.807, 2.05) is 13.1 Å². The van der Waals surface area contributed by atoms with Gasteiger partial charge in [0.25, 0.3) is 5.91 Å². The van der Waals surface area contributed by atoms with Crippen molar-refractivity contribution in [3.63, 3.8) is 0 Å². The molecule has 0 aliphatic carbocycles. The first-order chi connectivity index (χ1) is 11.1. The van der Waals surface area contributed by atoms with E-state index in [4.69, 9.17) is 9.47 Å². The fourth-order valence-electron chi connectivity index (χ4n) is 2.21. The van der Waals surface area contributed by atoms with E-state index in [1.165, 1.54) is 0 Å². The molecule has 0 aliphatic rings. The summed E-state index contributed by atoms with van der Waals surface area (Å²) in [7, 11) is 3.13. The Morgan fingerprint density at radius 2 is 2.00 bits per heavy atom. The summed E-state index contributed by atoms with van der Waals surface area (Å²) in [6.07, 6.45) is 4.56. The lowest BCUT2D eigenvalue weighted by atomic mass is 10.2. The van der Waals surface area contributed by atoms with Crippen LogP contribution < -0.4 is 14.8 Å². The van der Waals surface area contributed by atoms with E-state index in [9.17, 15) is 4.79 Å². The Labute approximate surface area is 149 Å². The molecule has 0 fully saturated rings. The van der Waals surface area contributed by atoms with Gasteiger partial charge >= 0.3 is 0 Å². The zero-order valence-corrected chi connectivity index (χ0v) is 15.6. The molecule has 124 valence electrons. The maximum Gasteiger partial charge on any atom is 0.252 e. The Kier molecular flexibility index (Phi) is 6.26. The monoisotopic (exact) mass is 429 g/mol. The van der Waals surface area contributed by atoms with Crippen LogP contribution in [-0.4, -0.2) is 36.2 Å². The van der Waals surface area contributed by atoms with Crippen molar-refractivity contribution in [1.29, 1.82) is 0 Å². The van der Waals surface area contributed by atoms with Crippen LogP contribution >= 0.6 is 22.6 Å². The van der Waals surface area contributed by atoms with Crippen molar-refractivity contribution in [3.05, 3.63) is 39.5 Å². The molecule has 1 heterocycles. The van der Waals surface area contributed by atoms with Gasteiger partial charge in [-0.1, -0.05) is 0 Å². The molecule has 0 bridgehead atoms. The number of halogens is 1. The fourth-order valence-corrected chi connectivity index (χ4v) is 2.90. The maximum absolute atomic E-state index is 12.3. The van der Waals surface area contributed by atoms with Crippen molar-refractivity contribution in [2.24, 2.45) is 0 Å². The van der Waals surface area contributed by atoms with Crippen LogP contribution in [0.3, 0.4) is 0 Å². The fraction of sp³-hybridized carbons (Fsp3) is 0.375. The van der Waals surface area contributed by atoms with Crippen molar-refractivity contribution in [1.82, 2.24) is 14.9 Å². The summed E-state index contributed by atoms with van der Waals surface area (Å²) in [4.78, 5) is 16.5. The second-order valence-corrected chi connectivity index (χ2v) is 6.13. The normalized spacial score (nSPS) is 10.4. The predicted molar refractivity (Wildman–Crippen MR) is 96.2 cm³/mol. The molecule has 23 heavy (non-hydrogen) atoms. The molecule has 0 aliphatic heterocycles. The van der Waals surface area contributed by atoms with Crippen LogP contribution in [0.2, 0.25) is 0 Å². The van der Waals surface area contributed by atoms with E-state index in [0.29, 0.717) is 23.6 Å². The highest BCUT2D eigenvalue weighted by Crippen LogP contribution is 2.31. The van der Waals surface area contributed by atoms with Gasteiger partial charge in [-0.05, 0) is 48.1 Å². The molecule has 0 saturated carbocycles. The molecule has 0 saturated heterocycles. The van der Waals surface area contributed by atoms with E-state index >= 15 is 0 Å². The Balaban J connectivity index is 1.94. The van der Waals surface area contributed by atoms with E-state index in [0.717, 1.165) is 22.4 Å². The number of hydrogen-bond acceptors (Lipinski definition) is 4. The van der Waals surface area contributed by atoms with Crippen LogP contribution in [0.15, 0.2) is 24.5 Å². The Hall–Kier alpha value is -1.77. The van der Waals surface area contributed by atoms with Crippen LogP contribution in [0, 0.1) is 10.5 Å². The SMILES string of the molecule is COc1cc(I)c(C(=O)NCCCn2ccnc2C)cc1OC. The number of carbonyl (C=O) groups excluding carboxylic acids is 1. The first-order valence-electron chi connectivity index (χ1n) is 7.24. The highest BCUT2D eigenvalue weighted by Gasteiger charge is 2.15. The molecule has 2 rings (SSSR count). The number of amides is 1. The molecule has 1 N–H and O–H groups in total. The number of nitrogens with zero attached hydrogens (tertiary/aromatic N) is 2. The van der Waals surface area contributed by atoms with Crippen molar-refractivity contribution in [2.75, 3.05) is 20.8 Å². The van der Waals surface area contributed by atoms with Crippen LogP contribution in [0.25, 0.3) is 0 Å². The van der Waals surface area contributed by atoms with Gasteiger partial charge in [-0.25, -0.2) is 4.98 Å². The molecular formula is C16H20IN3O3. The highest BCUT2D eigenvalue weighted by atomic mass is 127. The minimum atomic E-state index is -0.113. The van der Waals surface area contributed by atoms with Crippen molar-refractivity contribution >= 4 is 28.5 Å². The third-order valence-corrected chi connectivity index (χ3v) is 4.40. The average molecular weight is 429 g/mol. The van der Waals surface area contributed by atoms with Gasteiger partial charge in [-0.2, -0.15) is 0 Å². The predicted octanol–water partition coefficient (Wildman–Crippen LogP) is 2.63. The number of methoxy groups -OCH3 is 2. The summed E-state index contributed by atoms with van der Waals surface area (Å²) in [6, 6.07) is 3.50. The topological polar surface area (TPSA) is 65.4 Å². The number of carbonyl (C=O) groups is 1. The molecular weight excluding hydrogens is 409 g/mol. The van der Waals surface area contributed by atoms with Crippen LogP contribution in [0.1, 0.15) is 22.6 Å². The Morgan fingerprint density at radius 3 is 2.61 bits per heavy atom. The third kappa shape index (κ3) is 4.37. The quantitative estimate of drug-likeness (QED) is 0.543. The van der Waals surface area contributed by atoms with Crippen molar-refractivity contribution in [3.8, 4) is 11.5 Å². The number of benzene rings is 1. The van der Waals surface area contributed by atoms with E-state index in [1.54, 1.807) is 32.5 Å². The largest absolute Gasteiger partial charge is 0.493 e. The van der Waals surface area contributed by atoms with Crippen LogP contribution in [0.5, 0.6) is 11.5 Å². The molecule has 7 heteroatoms. The minimum Gasteiger partial charge on any atom is -0.493 e. The molecule has 1 amide bonds. The molecule has 1 aromatic heterocycles. The summed E-state index contributed by atoms with van der Waals surface area (Å²) in [5.74, 6) is 2.03. The molecule has 0 atom stereocenters. The second-order valence-electron chi connectivity index (χ2n) is 4.96. The van der Waals surface area contributed by atoms with Gasteiger partial charge in [-0.3, -0.25) is 4.79 Å². The summed E-state index contributed by atoms with van der Waals surface area (Å²) < 4.78 is 13.4. The van der Waals surface area contributed by atoms with Crippen molar-refractivity contribution in [2.45, 2.75) is 19.9 Å². The van der Waals surface area contributed by atoms with Gasteiger partial charge in [0.1, 0.15) is 5.82 Å². The minimum absolute atomic E-state index is 0.113. The maximum atomic E-state index is 12.3. The lowest BCUT2D eigenvalue weighted by Gasteiger charge is -2.12. The summed E-state index contributed by atoms with van der Waals surface area (Å²) in [5, 5.41) is 2.94. The van der Waals surface area contributed by atoms with E-state index < -0.39 is 0 Å². The molecule has 0 unspecified atom stereocenters. The van der Waals surface area contributed by atoms with Crippen molar-refractivity contribution < 1.29 is 14.3 Å². The molecule has 6 nitrogen and oxygen atoms in total. The van der Waals surface area contributed by atoms with Gasteiger partial charge in [-0.15, -0.1) is 0 Å². The lowest BCUT2D eigenvalue weighted by molar-refractivity contribution is 0.0951. The number of aryl methyl sites for hydroxylation is 2. The number of aromatic nitrogens is 2. The zero-order valence-electron chi connectivity index (χ0n) is 13.4. The number of nitrogens with one attached hydrogen (secondary N) is 1.